The van der Waals surface area contributed by atoms with Crippen molar-refractivity contribution in [1.29, 1.82) is 0 Å². The predicted molar refractivity (Wildman–Crippen MR) is 91.5 cm³/mol. The summed E-state index contributed by atoms with van der Waals surface area (Å²) in [5.41, 5.74) is 5.99. The van der Waals surface area contributed by atoms with Crippen LogP contribution in [0.5, 0.6) is 0 Å². The summed E-state index contributed by atoms with van der Waals surface area (Å²) in [4.78, 5) is 40.7. The van der Waals surface area contributed by atoms with Gasteiger partial charge in [0.25, 0.3) is 5.56 Å². The Morgan fingerprint density at radius 3 is 2.50 bits per heavy atom. The van der Waals surface area contributed by atoms with Crippen LogP contribution < -0.4 is 21.9 Å². The number of aromatic nitrogens is 2. The Morgan fingerprint density at radius 2 is 1.92 bits per heavy atom. The van der Waals surface area contributed by atoms with Crippen molar-refractivity contribution in [3.05, 3.63) is 56.7 Å². The fourth-order valence-electron chi connectivity index (χ4n) is 3.07. The summed E-state index contributed by atoms with van der Waals surface area (Å²) in [7, 11) is 0. The maximum Gasteiger partial charge on any atom is 0.334 e. The Hall–Kier alpha value is -2.83. The van der Waals surface area contributed by atoms with E-state index >= 15 is 0 Å². The van der Waals surface area contributed by atoms with Crippen LogP contribution in [0.4, 0.5) is 5.82 Å². The molecule has 1 amide bonds. The molecule has 1 aliphatic rings. The van der Waals surface area contributed by atoms with Gasteiger partial charge in [0.05, 0.1) is 5.69 Å². The van der Waals surface area contributed by atoms with E-state index in [2.05, 4.69) is 4.98 Å². The number of hydrogen-bond donors (Lipinski definition) is 2. The van der Waals surface area contributed by atoms with E-state index in [0.717, 1.165) is 10.1 Å². The van der Waals surface area contributed by atoms with Crippen LogP contribution >= 0.6 is 0 Å². The molecule has 2 aromatic rings. The normalized spacial score (nSPS) is 15.5. The molecule has 126 valence electrons. The van der Waals surface area contributed by atoms with Gasteiger partial charge in [0.2, 0.25) is 5.91 Å². The van der Waals surface area contributed by atoms with Crippen molar-refractivity contribution in [3.8, 4) is 5.69 Å². The van der Waals surface area contributed by atoms with Gasteiger partial charge in [0.1, 0.15) is 5.82 Å². The highest BCUT2D eigenvalue weighted by Gasteiger charge is 2.24. The molecule has 7 heteroatoms. The molecule has 0 saturated carbocycles. The molecule has 7 nitrogen and oxygen atoms in total. The van der Waals surface area contributed by atoms with Crippen LogP contribution in [-0.2, 0) is 4.79 Å². The Bertz CT molecular complexity index is 845. The number of H-pyrrole nitrogens is 1. The van der Waals surface area contributed by atoms with Crippen molar-refractivity contribution in [2.45, 2.75) is 19.8 Å². The number of anilines is 1. The van der Waals surface area contributed by atoms with Gasteiger partial charge in [-0.3, -0.25) is 14.6 Å². The van der Waals surface area contributed by atoms with Crippen LogP contribution in [0.15, 0.2) is 39.9 Å². The number of nitrogens with two attached hydrogens (primary N) is 1. The monoisotopic (exact) mass is 328 g/mol. The summed E-state index contributed by atoms with van der Waals surface area (Å²) >= 11 is 0. The maximum atomic E-state index is 12.4. The molecule has 1 saturated heterocycles. The quantitative estimate of drug-likeness (QED) is 0.858. The van der Waals surface area contributed by atoms with Crippen LogP contribution in [0.1, 0.15) is 18.4 Å². The molecule has 1 aliphatic heterocycles. The molecule has 1 fully saturated rings. The van der Waals surface area contributed by atoms with Gasteiger partial charge in [0, 0.05) is 25.1 Å². The average molecular weight is 328 g/mol. The number of piperidine rings is 1. The van der Waals surface area contributed by atoms with Gasteiger partial charge in [-0.25, -0.2) is 9.36 Å². The number of nitrogens with one attached hydrogen (secondary N) is 1. The van der Waals surface area contributed by atoms with E-state index in [-0.39, 0.29) is 17.4 Å². The first-order valence-electron chi connectivity index (χ1n) is 7.93. The summed E-state index contributed by atoms with van der Waals surface area (Å²) in [5.74, 6) is 0.0514. The number of hydrogen-bond acceptors (Lipinski definition) is 4. The second kappa shape index (κ2) is 6.35. The van der Waals surface area contributed by atoms with Gasteiger partial charge in [-0.15, -0.1) is 0 Å². The molecule has 0 radical (unpaired) electrons. The van der Waals surface area contributed by atoms with Crippen molar-refractivity contribution < 1.29 is 4.79 Å². The van der Waals surface area contributed by atoms with E-state index in [1.54, 1.807) is 18.2 Å². The number of carbonyl (C=O) groups excluding carboxylic acids is 1. The minimum Gasteiger partial charge on any atom is -0.369 e. The van der Waals surface area contributed by atoms with Crippen molar-refractivity contribution in [2.75, 3.05) is 18.0 Å². The highest BCUT2D eigenvalue weighted by Crippen LogP contribution is 2.20. The molecule has 3 rings (SSSR count). The summed E-state index contributed by atoms with van der Waals surface area (Å²) < 4.78 is 1.12. The second-order valence-electron chi connectivity index (χ2n) is 6.14. The van der Waals surface area contributed by atoms with Crippen LogP contribution in [0.3, 0.4) is 0 Å². The SMILES string of the molecule is Cc1cccc(-n2c(=O)cc(N3CCC(C(N)=O)CC3)[nH]c2=O)c1. The molecule has 0 bridgehead atoms. The van der Waals surface area contributed by atoms with Crippen molar-refractivity contribution >= 4 is 11.7 Å². The number of amides is 1. The molecule has 0 unspecified atom stereocenters. The lowest BCUT2D eigenvalue weighted by atomic mass is 9.96. The van der Waals surface area contributed by atoms with Crippen molar-refractivity contribution in [1.82, 2.24) is 9.55 Å². The second-order valence-corrected chi connectivity index (χ2v) is 6.14. The topological polar surface area (TPSA) is 101 Å². The van der Waals surface area contributed by atoms with Crippen molar-refractivity contribution in [3.63, 3.8) is 0 Å². The zero-order valence-corrected chi connectivity index (χ0v) is 13.5. The zero-order valence-electron chi connectivity index (χ0n) is 13.5. The summed E-state index contributed by atoms with van der Waals surface area (Å²) in [6.45, 7) is 3.06. The Balaban J connectivity index is 1.90. The zero-order chi connectivity index (χ0) is 17.3. The minimum absolute atomic E-state index is 0.138. The predicted octanol–water partition coefficient (Wildman–Crippen LogP) is 0.536. The largest absolute Gasteiger partial charge is 0.369 e. The first-order chi connectivity index (χ1) is 11.5. The first-order valence-corrected chi connectivity index (χ1v) is 7.93. The van der Waals surface area contributed by atoms with E-state index < -0.39 is 5.69 Å². The number of nitrogens with zero attached hydrogens (tertiary/aromatic N) is 2. The van der Waals surface area contributed by atoms with Crippen LogP contribution in [-0.4, -0.2) is 28.5 Å². The Morgan fingerprint density at radius 1 is 1.21 bits per heavy atom. The fourth-order valence-corrected chi connectivity index (χ4v) is 3.07. The average Bonchev–Trinajstić information content (AvgIpc) is 2.54. The van der Waals surface area contributed by atoms with Gasteiger partial charge in [-0.1, -0.05) is 12.1 Å². The van der Waals surface area contributed by atoms with Crippen LogP contribution in [0.2, 0.25) is 0 Å². The number of benzene rings is 1. The molecule has 2 heterocycles. The number of aryl methyl sites for hydroxylation is 1. The first kappa shape index (κ1) is 16.0. The third-order valence-corrected chi connectivity index (χ3v) is 4.42. The molecule has 0 aliphatic carbocycles. The molecule has 1 aromatic carbocycles. The summed E-state index contributed by atoms with van der Waals surface area (Å²) in [6, 6.07) is 8.64. The molecular weight excluding hydrogens is 308 g/mol. The lowest BCUT2D eigenvalue weighted by Gasteiger charge is -2.31. The van der Waals surface area contributed by atoms with Crippen molar-refractivity contribution in [2.24, 2.45) is 11.7 Å². The number of primary amides is 1. The number of aromatic amines is 1. The van der Waals surface area contributed by atoms with Gasteiger partial charge < -0.3 is 10.6 Å². The molecule has 1 aromatic heterocycles. The summed E-state index contributed by atoms with van der Waals surface area (Å²) in [6.07, 6.45) is 1.25. The molecule has 24 heavy (non-hydrogen) atoms. The van der Waals surface area contributed by atoms with E-state index in [1.165, 1.54) is 6.07 Å². The smallest absolute Gasteiger partial charge is 0.334 e. The Labute approximate surface area is 138 Å². The lowest BCUT2D eigenvalue weighted by Crippen LogP contribution is -2.41. The van der Waals surface area contributed by atoms with Gasteiger partial charge in [0.15, 0.2) is 0 Å². The van der Waals surface area contributed by atoms with Gasteiger partial charge in [-0.05, 0) is 37.5 Å². The highest BCUT2D eigenvalue weighted by atomic mass is 16.2. The molecule has 0 spiro atoms. The summed E-state index contributed by atoms with van der Waals surface area (Å²) in [5, 5.41) is 0. The fraction of sp³-hybridized carbons (Fsp3) is 0.353. The third kappa shape index (κ3) is 3.10. The van der Waals surface area contributed by atoms with E-state index in [4.69, 9.17) is 5.73 Å². The highest BCUT2D eigenvalue weighted by molar-refractivity contribution is 5.76. The maximum absolute atomic E-state index is 12.4. The van der Waals surface area contributed by atoms with Crippen LogP contribution in [0, 0.1) is 12.8 Å². The van der Waals surface area contributed by atoms with E-state index in [0.29, 0.717) is 37.4 Å². The van der Waals surface area contributed by atoms with Gasteiger partial charge >= 0.3 is 5.69 Å². The standard InChI is InChI=1S/C17H20N4O3/c1-11-3-2-4-13(9-11)21-15(22)10-14(19-17(21)24)20-7-5-12(6-8-20)16(18)23/h2-4,9-10,12H,5-8H2,1H3,(H2,18,23)(H,19,24). The minimum atomic E-state index is -0.472. The van der Waals surface area contributed by atoms with E-state index in [1.807, 2.05) is 17.9 Å². The van der Waals surface area contributed by atoms with Crippen LogP contribution in [0.25, 0.3) is 5.69 Å². The molecule has 0 atom stereocenters. The number of carbonyl (C=O) groups is 1. The molecular formula is C17H20N4O3. The third-order valence-electron chi connectivity index (χ3n) is 4.42. The number of rotatable bonds is 3. The van der Waals surface area contributed by atoms with Gasteiger partial charge in [-0.2, -0.15) is 0 Å². The Kier molecular flexibility index (Phi) is 4.24. The lowest BCUT2D eigenvalue weighted by molar-refractivity contribution is -0.122. The molecule has 3 N–H and O–H groups in total. The van der Waals surface area contributed by atoms with E-state index in [9.17, 15) is 14.4 Å².